The van der Waals surface area contributed by atoms with Crippen LogP contribution in [0.1, 0.15) is 80.1 Å². The topological polar surface area (TPSA) is 9.23 Å². The van der Waals surface area contributed by atoms with Gasteiger partial charge in [-0.2, -0.15) is 0 Å². The van der Waals surface area contributed by atoms with E-state index in [1.807, 2.05) is 0 Å². The average molecular weight is 485 g/mol. The van der Waals surface area contributed by atoms with Crippen LogP contribution in [0.3, 0.4) is 0 Å². The third-order valence-electron chi connectivity index (χ3n) is 5.91. The SMILES string of the molecule is CCC[CH2][Sn]([C]#C/C=C/CO[Si](C)(C)C(C)(C)C)([CH2]CCC)[CH2]CCC. The minimum absolute atomic E-state index is 0.276. The number of rotatable bonds is 12. The zero-order valence-electron chi connectivity index (χ0n) is 19.1. The predicted octanol–water partition coefficient (Wildman–Crippen LogP) is 7.96. The Morgan fingerprint density at radius 3 is 1.73 bits per heavy atom. The second-order valence-electron chi connectivity index (χ2n) is 9.33. The van der Waals surface area contributed by atoms with Crippen LogP contribution in [0, 0.1) is 9.86 Å². The van der Waals surface area contributed by atoms with E-state index in [1.54, 1.807) is 0 Å². The molecule has 152 valence electrons. The van der Waals surface area contributed by atoms with Crippen molar-refractivity contribution >= 4 is 26.7 Å². The number of unbranched alkanes of at least 4 members (excludes halogenated alkanes) is 3. The predicted molar refractivity (Wildman–Crippen MR) is 125 cm³/mol. The summed E-state index contributed by atoms with van der Waals surface area (Å²) in [6.07, 6.45) is 12.3. The van der Waals surface area contributed by atoms with E-state index in [1.165, 1.54) is 51.8 Å². The molecular weight excluding hydrogens is 439 g/mol. The van der Waals surface area contributed by atoms with Gasteiger partial charge in [0.15, 0.2) is 0 Å². The maximum absolute atomic E-state index is 6.22. The molecule has 0 unspecified atom stereocenters. The fraction of sp³-hybridized carbons (Fsp3) is 0.826. The van der Waals surface area contributed by atoms with Gasteiger partial charge in [-0.15, -0.1) is 0 Å². The van der Waals surface area contributed by atoms with Crippen molar-refractivity contribution in [2.45, 2.75) is 112 Å². The normalized spacial score (nSPS) is 13.1. The van der Waals surface area contributed by atoms with Crippen molar-refractivity contribution in [2.24, 2.45) is 0 Å². The van der Waals surface area contributed by atoms with Crippen molar-refractivity contribution < 1.29 is 4.43 Å². The van der Waals surface area contributed by atoms with E-state index in [9.17, 15) is 0 Å². The van der Waals surface area contributed by atoms with Crippen LogP contribution >= 0.6 is 0 Å². The quantitative estimate of drug-likeness (QED) is 0.201. The van der Waals surface area contributed by atoms with Crippen LogP contribution in [0.4, 0.5) is 0 Å². The van der Waals surface area contributed by atoms with Gasteiger partial charge in [0.25, 0.3) is 0 Å². The Kier molecular flexibility index (Phi) is 13.6. The van der Waals surface area contributed by atoms with Crippen molar-refractivity contribution in [3.05, 3.63) is 12.2 Å². The summed E-state index contributed by atoms with van der Waals surface area (Å²) in [5, 5.41) is 0.276. The third kappa shape index (κ3) is 10.6. The molecule has 0 saturated heterocycles. The zero-order valence-corrected chi connectivity index (χ0v) is 23.0. The summed E-state index contributed by atoms with van der Waals surface area (Å²) in [5.74, 6) is 3.48. The van der Waals surface area contributed by atoms with Crippen molar-refractivity contribution in [3.8, 4) is 9.86 Å². The Labute approximate surface area is 170 Å². The maximum atomic E-state index is 6.22. The summed E-state index contributed by atoms with van der Waals surface area (Å²) in [5.41, 5.74) is 0. The minimum atomic E-state index is -2.28. The average Bonchev–Trinajstić information content (AvgIpc) is 2.57. The Balaban J connectivity index is 4.93. The van der Waals surface area contributed by atoms with Gasteiger partial charge in [0, 0.05) is 0 Å². The molecule has 0 aromatic rings. The van der Waals surface area contributed by atoms with Crippen molar-refractivity contribution in [1.29, 1.82) is 0 Å². The molecule has 0 heterocycles. The van der Waals surface area contributed by atoms with Crippen molar-refractivity contribution in [3.63, 3.8) is 0 Å². The number of hydrogen-bond acceptors (Lipinski definition) is 1. The van der Waals surface area contributed by atoms with Gasteiger partial charge in [0.05, 0.1) is 0 Å². The first-order valence-electron chi connectivity index (χ1n) is 11.0. The van der Waals surface area contributed by atoms with Gasteiger partial charge in [-0.05, 0) is 0 Å². The van der Waals surface area contributed by atoms with Crippen LogP contribution in [-0.4, -0.2) is 33.3 Å². The molecule has 0 aromatic carbocycles. The first-order chi connectivity index (χ1) is 12.1. The first kappa shape index (κ1) is 26.3. The fourth-order valence-electron chi connectivity index (χ4n) is 2.88. The van der Waals surface area contributed by atoms with E-state index < -0.39 is 26.7 Å². The summed E-state index contributed by atoms with van der Waals surface area (Å²) in [4.78, 5) is 0. The van der Waals surface area contributed by atoms with Crippen LogP contribution < -0.4 is 0 Å². The van der Waals surface area contributed by atoms with Gasteiger partial charge in [-0.25, -0.2) is 0 Å². The summed E-state index contributed by atoms with van der Waals surface area (Å²) in [7, 11) is -1.64. The second kappa shape index (κ2) is 13.5. The molecule has 3 heteroatoms. The molecule has 0 spiro atoms. The summed E-state index contributed by atoms with van der Waals surface area (Å²) >= 11 is -2.28. The van der Waals surface area contributed by atoms with E-state index in [4.69, 9.17) is 4.43 Å². The van der Waals surface area contributed by atoms with Crippen LogP contribution in [0.25, 0.3) is 0 Å². The first-order valence-corrected chi connectivity index (χ1v) is 21.3. The molecule has 0 N–H and O–H groups in total. The van der Waals surface area contributed by atoms with Gasteiger partial charge in [-0.3, -0.25) is 0 Å². The molecule has 0 bridgehead atoms. The van der Waals surface area contributed by atoms with Gasteiger partial charge < -0.3 is 0 Å². The van der Waals surface area contributed by atoms with E-state index in [-0.39, 0.29) is 5.04 Å². The molecule has 0 atom stereocenters. The molecule has 0 radical (unpaired) electrons. The molecule has 0 saturated carbocycles. The van der Waals surface area contributed by atoms with Gasteiger partial charge in [-0.1, -0.05) is 0 Å². The third-order valence-corrected chi connectivity index (χ3v) is 23.6. The Morgan fingerprint density at radius 1 is 0.885 bits per heavy atom. The Bertz CT molecular complexity index is 429. The van der Waals surface area contributed by atoms with Crippen LogP contribution in [-0.2, 0) is 4.43 Å². The zero-order chi connectivity index (χ0) is 20.1. The molecule has 0 aliphatic heterocycles. The van der Waals surface area contributed by atoms with Crippen LogP contribution in [0.15, 0.2) is 12.2 Å². The monoisotopic (exact) mass is 486 g/mol. The van der Waals surface area contributed by atoms with Crippen LogP contribution in [0.2, 0.25) is 31.4 Å². The van der Waals surface area contributed by atoms with Gasteiger partial charge in [0.1, 0.15) is 0 Å². The molecule has 0 fully saturated rings. The molecule has 0 rings (SSSR count). The standard InChI is InChI=1S/C11H19OSi.3C4H9.Sn/c1-7-8-9-10-12-13(5,6)11(2,3)4;3*1-3-4-2;/h8-9H,10H2,2-6H3;3*1,3-4H2,2H3;/b9-8+;;;;. The van der Waals surface area contributed by atoms with Crippen LogP contribution in [0.5, 0.6) is 0 Å². The summed E-state index contributed by atoms with van der Waals surface area (Å²) < 4.78 is 14.5. The van der Waals surface area contributed by atoms with Gasteiger partial charge >= 0.3 is 171 Å². The molecular formula is C23H46OSiSn. The number of allylic oxidation sites excluding steroid dienone is 1. The van der Waals surface area contributed by atoms with Gasteiger partial charge in [0.2, 0.25) is 0 Å². The molecule has 0 aliphatic carbocycles. The summed E-state index contributed by atoms with van der Waals surface area (Å²) in [6.45, 7) is 19.2. The van der Waals surface area contributed by atoms with E-state index in [0.717, 1.165) is 0 Å². The van der Waals surface area contributed by atoms with E-state index in [2.05, 4.69) is 76.6 Å². The van der Waals surface area contributed by atoms with Crippen molar-refractivity contribution in [1.82, 2.24) is 0 Å². The number of hydrogen-bond donors (Lipinski definition) is 0. The Morgan fingerprint density at radius 2 is 1.35 bits per heavy atom. The molecule has 0 aromatic heterocycles. The molecule has 0 amide bonds. The van der Waals surface area contributed by atoms with E-state index >= 15 is 0 Å². The fourth-order valence-corrected chi connectivity index (χ4v) is 17.0. The molecule has 0 aliphatic rings. The van der Waals surface area contributed by atoms with E-state index in [0.29, 0.717) is 6.61 Å². The molecule has 26 heavy (non-hydrogen) atoms. The molecule has 1 nitrogen and oxygen atoms in total. The second-order valence-corrected chi connectivity index (χ2v) is 26.4. The van der Waals surface area contributed by atoms with Crippen molar-refractivity contribution in [2.75, 3.05) is 6.61 Å². The summed E-state index contributed by atoms with van der Waals surface area (Å²) in [6, 6.07) is 0. The Hall–Kier alpha value is 0.276.